The number of carbonyl (C=O) groups is 1. The van der Waals surface area contributed by atoms with E-state index in [9.17, 15) is 9.18 Å². The van der Waals surface area contributed by atoms with Crippen LogP contribution in [0.15, 0.2) is 79.0 Å². The van der Waals surface area contributed by atoms with Crippen molar-refractivity contribution in [1.29, 1.82) is 0 Å². The Hall–Kier alpha value is -4.06. The number of aromatic nitrogens is 2. The van der Waals surface area contributed by atoms with Crippen LogP contribution >= 0.6 is 0 Å². The Morgan fingerprint density at radius 3 is 2.44 bits per heavy atom. The Morgan fingerprint density at radius 1 is 1.00 bits per heavy atom. The molecule has 0 bridgehead atoms. The first kappa shape index (κ1) is 21.2. The van der Waals surface area contributed by atoms with E-state index in [0.717, 1.165) is 11.6 Å². The lowest BCUT2D eigenvalue weighted by atomic mass is 9.87. The van der Waals surface area contributed by atoms with Crippen molar-refractivity contribution in [2.24, 2.45) is 0 Å². The molecule has 1 heterocycles. The Kier molecular flexibility index (Phi) is 6.22. The number of carboxylic acid groups (broad SMARTS) is 1. The third-order valence-electron chi connectivity index (χ3n) is 5.21. The maximum atomic E-state index is 15.6. The molecule has 0 unspecified atom stereocenters. The molecule has 0 spiro atoms. The van der Waals surface area contributed by atoms with Crippen LogP contribution < -0.4 is 0 Å². The number of nitrogens with zero attached hydrogens (tertiary/aromatic N) is 1. The van der Waals surface area contributed by atoms with Crippen molar-refractivity contribution in [1.82, 2.24) is 10.2 Å². The summed E-state index contributed by atoms with van der Waals surface area (Å²) < 4.78 is 29.2. The second kappa shape index (κ2) is 9.39. The first-order valence-corrected chi connectivity index (χ1v) is 10.1. The summed E-state index contributed by atoms with van der Waals surface area (Å²) in [6.07, 6.45) is 4.08. The molecular weight excluding hydrogens is 410 g/mol. The lowest BCUT2D eigenvalue weighted by Gasteiger charge is -2.18. The highest BCUT2D eigenvalue weighted by Gasteiger charge is 2.19. The van der Waals surface area contributed by atoms with Gasteiger partial charge in [0.15, 0.2) is 0 Å². The Bertz CT molecular complexity index is 1310. The highest BCUT2D eigenvalue weighted by atomic mass is 19.1. The van der Waals surface area contributed by atoms with E-state index in [4.69, 9.17) is 5.11 Å². The average Bonchev–Trinajstić information content (AvgIpc) is 3.30. The van der Waals surface area contributed by atoms with Gasteiger partial charge in [-0.15, -0.1) is 0 Å². The molecule has 4 nitrogen and oxygen atoms in total. The number of aliphatic carboxylic acids is 1. The molecule has 2 N–H and O–H groups in total. The van der Waals surface area contributed by atoms with Gasteiger partial charge < -0.3 is 5.11 Å². The first-order chi connectivity index (χ1) is 15.6. The molecule has 0 aliphatic heterocycles. The largest absolute Gasteiger partial charge is 0.478 e. The average molecular weight is 430 g/mol. The number of halogens is 2. The number of nitrogens with one attached hydrogen (secondary N) is 1. The summed E-state index contributed by atoms with van der Waals surface area (Å²) in [7, 11) is 0. The van der Waals surface area contributed by atoms with E-state index < -0.39 is 18.5 Å². The second-order valence-corrected chi connectivity index (χ2v) is 7.21. The SMILES string of the molecule is O=C(O)C=Cc1ccc(C(=C(CCF)c2ccccc2)c2ccc3[nH]ncc3c2F)cc1. The van der Waals surface area contributed by atoms with Crippen molar-refractivity contribution < 1.29 is 18.7 Å². The fraction of sp³-hybridized carbons (Fsp3) is 0.0769. The van der Waals surface area contributed by atoms with Crippen LogP contribution in [0.25, 0.3) is 28.1 Å². The van der Waals surface area contributed by atoms with Gasteiger partial charge in [0.1, 0.15) is 5.82 Å². The van der Waals surface area contributed by atoms with Crippen molar-refractivity contribution in [2.75, 3.05) is 6.67 Å². The molecule has 1 aromatic heterocycles. The molecule has 0 radical (unpaired) electrons. The molecule has 0 saturated heterocycles. The van der Waals surface area contributed by atoms with Gasteiger partial charge in [0.25, 0.3) is 0 Å². The maximum Gasteiger partial charge on any atom is 0.328 e. The lowest BCUT2D eigenvalue weighted by Crippen LogP contribution is -2.00. The smallest absolute Gasteiger partial charge is 0.328 e. The summed E-state index contributed by atoms with van der Waals surface area (Å²) in [5.74, 6) is -1.48. The monoisotopic (exact) mass is 430 g/mol. The van der Waals surface area contributed by atoms with Crippen LogP contribution in [-0.2, 0) is 4.79 Å². The number of aromatic amines is 1. The summed E-state index contributed by atoms with van der Waals surface area (Å²) >= 11 is 0. The number of rotatable bonds is 7. The molecule has 4 rings (SSSR count). The molecule has 0 aliphatic carbocycles. The molecule has 0 aliphatic rings. The zero-order chi connectivity index (χ0) is 22.5. The zero-order valence-electron chi connectivity index (χ0n) is 17.1. The topological polar surface area (TPSA) is 66.0 Å². The maximum absolute atomic E-state index is 15.6. The minimum absolute atomic E-state index is 0.114. The van der Waals surface area contributed by atoms with Crippen LogP contribution in [0.4, 0.5) is 8.78 Å². The van der Waals surface area contributed by atoms with E-state index in [2.05, 4.69) is 10.2 Å². The summed E-state index contributed by atoms with van der Waals surface area (Å²) in [5, 5.41) is 15.9. The van der Waals surface area contributed by atoms with Gasteiger partial charge in [-0.2, -0.15) is 5.10 Å². The van der Waals surface area contributed by atoms with Crippen molar-refractivity contribution in [3.8, 4) is 0 Å². The number of H-pyrrole nitrogens is 1. The van der Waals surface area contributed by atoms with E-state index in [0.29, 0.717) is 38.7 Å². The molecule has 0 fully saturated rings. The molecular formula is C26H20F2N2O2. The fourth-order valence-electron chi connectivity index (χ4n) is 3.74. The van der Waals surface area contributed by atoms with Gasteiger partial charge in [0, 0.05) is 18.1 Å². The van der Waals surface area contributed by atoms with Crippen LogP contribution in [0.5, 0.6) is 0 Å². The van der Waals surface area contributed by atoms with Gasteiger partial charge in [0.05, 0.1) is 23.8 Å². The quantitative estimate of drug-likeness (QED) is 0.274. The minimum atomic E-state index is -1.04. The lowest BCUT2D eigenvalue weighted by molar-refractivity contribution is -0.131. The van der Waals surface area contributed by atoms with E-state index in [-0.39, 0.29) is 6.42 Å². The van der Waals surface area contributed by atoms with E-state index in [1.54, 1.807) is 36.4 Å². The Labute approximate surface area is 183 Å². The number of alkyl halides is 1. The molecule has 0 saturated carbocycles. The van der Waals surface area contributed by atoms with E-state index in [1.807, 2.05) is 30.3 Å². The summed E-state index contributed by atoms with van der Waals surface area (Å²) in [4.78, 5) is 10.8. The molecule has 3 aromatic carbocycles. The zero-order valence-corrected chi connectivity index (χ0v) is 17.1. The number of fused-ring (bicyclic) bond motifs is 1. The van der Waals surface area contributed by atoms with Crippen LogP contribution in [0.2, 0.25) is 0 Å². The molecule has 0 amide bonds. The van der Waals surface area contributed by atoms with Gasteiger partial charge >= 0.3 is 5.97 Å². The first-order valence-electron chi connectivity index (χ1n) is 10.1. The number of allylic oxidation sites excluding steroid dienone is 1. The number of carboxylic acids is 1. The van der Waals surface area contributed by atoms with Crippen LogP contribution in [-0.4, -0.2) is 27.9 Å². The van der Waals surface area contributed by atoms with Gasteiger partial charge in [0.2, 0.25) is 0 Å². The van der Waals surface area contributed by atoms with Crippen molar-refractivity contribution >= 4 is 34.1 Å². The minimum Gasteiger partial charge on any atom is -0.478 e. The Morgan fingerprint density at radius 2 is 1.75 bits per heavy atom. The van der Waals surface area contributed by atoms with Gasteiger partial charge in [-0.25, -0.2) is 9.18 Å². The van der Waals surface area contributed by atoms with E-state index in [1.165, 1.54) is 12.3 Å². The predicted molar refractivity (Wildman–Crippen MR) is 122 cm³/mol. The molecule has 32 heavy (non-hydrogen) atoms. The highest BCUT2D eigenvalue weighted by molar-refractivity contribution is 6.01. The number of benzene rings is 3. The highest BCUT2D eigenvalue weighted by Crippen LogP contribution is 2.37. The van der Waals surface area contributed by atoms with Crippen LogP contribution in [0.1, 0.15) is 28.7 Å². The predicted octanol–water partition coefficient (Wildman–Crippen LogP) is 6.12. The molecule has 160 valence electrons. The van der Waals surface area contributed by atoms with Crippen molar-refractivity contribution in [2.45, 2.75) is 6.42 Å². The van der Waals surface area contributed by atoms with Gasteiger partial charge in [-0.05, 0) is 46.0 Å². The normalized spacial score (nSPS) is 12.3. The molecule has 6 heteroatoms. The van der Waals surface area contributed by atoms with Crippen molar-refractivity contribution in [3.63, 3.8) is 0 Å². The molecule has 0 atom stereocenters. The van der Waals surface area contributed by atoms with Crippen LogP contribution in [0.3, 0.4) is 0 Å². The summed E-state index contributed by atoms with van der Waals surface area (Å²) in [5.41, 5.74) is 4.39. The second-order valence-electron chi connectivity index (χ2n) is 7.21. The van der Waals surface area contributed by atoms with Crippen LogP contribution in [0, 0.1) is 5.82 Å². The molecule has 4 aromatic rings. The standard InChI is InChI=1S/C26H20F2N2O2/c27-15-14-20(18-4-2-1-3-5-18)25(19-9-6-17(7-10-19)8-13-24(31)32)21-11-12-23-22(26(21)28)16-29-30-23/h1-13,16H,14-15H2,(H,29,30)(H,31,32). The Balaban J connectivity index is 1.96. The van der Waals surface area contributed by atoms with E-state index >= 15 is 4.39 Å². The third-order valence-corrected chi connectivity index (χ3v) is 5.21. The fourth-order valence-corrected chi connectivity index (χ4v) is 3.74. The van der Waals surface area contributed by atoms with Gasteiger partial charge in [-0.1, -0.05) is 54.6 Å². The summed E-state index contributed by atoms with van der Waals surface area (Å²) in [6, 6.07) is 19.9. The number of hydrogen-bond donors (Lipinski definition) is 2. The third kappa shape index (κ3) is 4.34. The summed E-state index contributed by atoms with van der Waals surface area (Å²) in [6.45, 7) is -0.595. The van der Waals surface area contributed by atoms with Gasteiger partial charge in [-0.3, -0.25) is 9.49 Å². The van der Waals surface area contributed by atoms with Crippen molar-refractivity contribution in [3.05, 3.63) is 107 Å². The number of hydrogen-bond acceptors (Lipinski definition) is 2.